The van der Waals surface area contributed by atoms with E-state index in [0.717, 1.165) is 12.8 Å². The molecule has 0 bridgehead atoms. The quantitative estimate of drug-likeness (QED) is 0.596. The second kappa shape index (κ2) is 6.25. The minimum absolute atomic E-state index is 0.0596. The number of anilines is 1. The number of ketones is 1. The summed E-state index contributed by atoms with van der Waals surface area (Å²) in [5.41, 5.74) is -2.79. The molecule has 1 saturated carbocycles. The molecule has 0 spiro atoms. The number of Topliss-reactive ketones (excluding diaryl/α,β-unsaturated/α-hetero) is 1. The topological polar surface area (TPSA) is 29.1 Å². The number of benzene rings is 1. The number of carbonyl (C=O) groups excluding carboxylic acids is 1. The predicted molar refractivity (Wildman–Crippen MR) is 71.6 cm³/mol. The van der Waals surface area contributed by atoms with Crippen LogP contribution in [0.5, 0.6) is 0 Å². The van der Waals surface area contributed by atoms with Crippen LogP contribution < -0.4 is 5.32 Å². The van der Waals surface area contributed by atoms with Gasteiger partial charge in [-0.3, -0.25) is 4.79 Å². The van der Waals surface area contributed by atoms with Crippen LogP contribution >= 0.6 is 0 Å². The molecular formula is C15H13F6NO. The van der Waals surface area contributed by atoms with E-state index in [1.807, 2.05) is 0 Å². The van der Waals surface area contributed by atoms with E-state index < -0.39 is 23.5 Å². The average Bonchev–Trinajstić information content (AvgIpc) is 2.44. The van der Waals surface area contributed by atoms with Gasteiger partial charge in [-0.05, 0) is 37.5 Å². The van der Waals surface area contributed by atoms with Crippen LogP contribution in [-0.2, 0) is 17.1 Å². The Morgan fingerprint density at radius 2 is 1.39 bits per heavy atom. The molecule has 126 valence electrons. The molecule has 0 saturated heterocycles. The Labute approximate surface area is 128 Å². The Morgan fingerprint density at radius 3 is 1.87 bits per heavy atom. The first-order valence-corrected chi connectivity index (χ1v) is 6.85. The van der Waals surface area contributed by atoms with Gasteiger partial charge in [0.1, 0.15) is 0 Å². The highest BCUT2D eigenvalue weighted by Gasteiger charge is 2.36. The SMILES string of the molecule is O=C1CCCCC1=CNc1cc(C(F)(F)F)cc(C(F)(F)F)c1. The summed E-state index contributed by atoms with van der Waals surface area (Å²) >= 11 is 0. The number of nitrogens with one attached hydrogen (secondary N) is 1. The fourth-order valence-corrected chi connectivity index (χ4v) is 2.26. The third-order valence-electron chi connectivity index (χ3n) is 3.46. The van der Waals surface area contributed by atoms with Gasteiger partial charge in [0.2, 0.25) is 0 Å². The van der Waals surface area contributed by atoms with Crippen molar-refractivity contribution < 1.29 is 31.1 Å². The van der Waals surface area contributed by atoms with Crippen molar-refractivity contribution in [2.75, 3.05) is 5.32 Å². The molecule has 0 heterocycles. The first-order chi connectivity index (χ1) is 10.6. The molecule has 2 nitrogen and oxygen atoms in total. The van der Waals surface area contributed by atoms with E-state index in [1.54, 1.807) is 0 Å². The zero-order valence-corrected chi connectivity index (χ0v) is 11.8. The highest BCUT2D eigenvalue weighted by molar-refractivity contribution is 5.96. The summed E-state index contributed by atoms with van der Waals surface area (Å²) in [6.07, 6.45) is -6.32. The molecule has 0 aromatic heterocycles. The minimum Gasteiger partial charge on any atom is -0.361 e. The highest BCUT2D eigenvalue weighted by Crippen LogP contribution is 2.37. The number of rotatable bonds is 2. The van der Waals surface area contributed by atoms with E-state index in [2.05, 4.69) is 5.32 Å². The van der Waals surface area contributed by atoms with Crippen LogP contribution in [0.15, 0.2) is 30.0 Å². The van der Waals surface area contributed by atoms with Crippen molar-refractivity contribution in [1.82, 2.24) is 0 Å². The Kier molecular flexibility index (Phi) is 4.72. The maximum Gasteiger partial charge on any atom is 0.416 e. The van der Waals surface area contributed by atoms with E-state index in [1.165, 1.54) is 6.20 Å². The maximum absolute atomic E-state index is 12.7. The first kappa shape index (κ1) is 17.4. The monoisotopic (exact) mass is 337 g/mol. The lowest BCUT2D eigenvalue weighted by Crippen LogP contribution is -2.12. The lowest BCUT2D eigenvalue weighted by molar-refractivity contribution is -0.143. The number of hydrogen-bond donors (Lipinski definition) is 1. The van der Waals surface area contributed by atoms with Crippen LogP contribution in [0.2, 0.25) is 0 Å². The van der Waals surface area contributed by atoms with Crippen molar-refractivity contribution >= 4 is 11.5 Å². The van der Waals surface area contributed by atoms with E-state index in [9.17, 15) is 31.1 Å². The van der Waals surface area contributed by atoms with E-state index >= 15 is 0 Å². The highest BCUT2D eigenvalue weighted by atomic mass is 19.4. The van der Waals surface area contributed by atoms with Crippen LogP contribution in [0.3, 0.4) is 0 Å². The van der Waals surface area contributed by atoms with Gasteiger partial charge in [0.15, 0.2) is 5.78 Å². The molecule has 1 aliphatic carbocycles. The molecule has 8 heteroatoms. The second-order valence-electron chi connectivity index (χ2n) is 5.24. The van der Waals surface area contributed by atoms with E-state index in [-0.39, 0.29) is 17.5 Å². The van der Waals surface area contributed by atoms with Crippen molar-refractivity contribution in [2.45, 2.75) is 38.0 Å². The summed E-state index contributed by atoms with van der Waals surface area (Å²) < 4.78 is 76.4. The van der Waals surface area contributed by atoms with Gasteiger partial charge in [-0.2, -0.15) is 26.3 Å². The molecule has 1 N–H and O–H groups in total. The Morgan fingerprint density at radius 1 is 0.870 bits per heavy atom. The van der Waals surface area contributed by atoms with Crippen molar-refractivity contribution in [1.29, 1.82) is 0 Å². The minimum atomic E-state index is -4.90. The zero-order chi connectivity index (χ0) is 17.3. The molecule has 1 fully saturated rings. The fourth-order valence-electron chi connectivity index (χ4n) is 2.26. The summed E-state index contributed by atoms with van der Waals surface area (Å²) in [6, 6.07) is 1.23. The third kappa shape index (κ3) is 4.49. The summed E-state index contributed by atoms with van der Waals surface area (Å²) in [5.74, 6) is -0.147. The molecule has 0 radical (unpaired) electrons. The van der Waals surface area contributed by atoms with Crippen molar-refractivity contribution in [3.63, 3.8) is 0 Å². The molecule has 1 aromatic rings. The van der Waals surface area contributed by atoms with Crippen molar-refractivity contribution in [3.8, 4) is 0 Å². The van der Waals surface area contributed by atoms with E-state index in [4.69, 9.17) is 0 Å². The average molecular weight is 337 g/mol. The van der Waals surface area contributed by atoms with Crippen molar-refractivity contribution in [3.05, 3.63) is 41.1 Å². The molecule has 2 rings (SSSR count). The number of allylic oxidation sites excluding steroid dienone is 1. The van der Waals surface area contributed by atoms with Gasteiger partial charge in [0.25, 0.3) is 0 Å². The smallest absolute Gasteiger partial charge is 0.361 e. The van der Waals surface area contributed by atoms with Crippen LogP contribution in [-0.4, -0.2) is 5.78 Å². The van der Waals surface area contributed by atoms with Crippen LogP contribution in [0, 0.1) is 0 Å². The predicted octanol–water partition coefficient (Wildman–Crippen LogP) is 5.16. The van der Waals surface area contributed by atoms with Crippen LogP contribution in [0.4, 0.5) is 32.0 Å². The lowest BCUT2D eigenvalue weighted by Gasteiger charge is -2.16. The summed E-state index contributed by atoms with van der Waals surface area (Å²) in [4.78, 5) is 11.6. The van der Waals surface area contributed by atoms with Gasteiger partial charge in [0.05, 0.1) is 11.1 Å². The standard InChI is InChI=1S/C15H13F6NO/c16-14(17,18)10-5-11(15(19,20)21)7-12(6-10)22-8-9-3-1-2-4-13(9)23/h5-8,22H,1-4H2. The van der Waals surface area contributed by atoms with Gasteiger partial charge in [-0.15, -0.1) is 0 Å². The van der Waals surface area contributed by atoms with Gasteiger partial charge in [0, 0.05) is 23.9 Å². The molecule has 23 heavy (non-hydrogen) atoms. The summed E-state index contributed by atoms with van der Waals surface area (Å²) in [5, 5.41) is 2.39. The summed E-state index contributed by atoms with van der Waals surface area (Å²) in [6.45, 7) is 0. The number of carbonyl (C=O) groups is 1. The molecule has 1 aromatic carbocycles. The normalized spacial score (nSPS) is 18.3. The maximum atomic E-state index is 12.7. The van der Waals surface area contributed by atoms with Gasteiger partial charge in [-0.25, -0.2) is 0 Å². The molecule has 1 aliphatic rings. The number of hydrogen-bond acceptors (Lipinski definition) is 2. The van der Waals surface area contributed by atoms with Crippen LogP contribution in [0.25, 0.3) is 0 Å². The largest absolute Gasteiger partial charge is 0.416 e. The molecule has 0 amide bonds. The molecule has 0 atom stereocenters. The number of halogens is 6. The first-order valence-electron chi connectivity index (χ1n) is 6.85. The second-order valence-corrected chi connectivity index (χ2v) is 5.24. The summed E-state index contributed by atoms with van der Waals surface area (Å²) in [7, 11) is 0. The van der Waals surface area contributed by atoms with Crippen LogP contribution in [0.1, 0.15) is 36.8 Å². The lowest BCUT2D eigenvalue weighted by atomic mass is 9.94. The van der Waals surface area contributed by atoms with E-state index in [0.29, 0.717) is 30.5 Å². The fraction of sp³-hybridized carbons (Fsp3) is 0.400. The Bertz CT molecular complexity index is 598. The van der Waals surface area contributed by atoms with Crippen molar-refractivity contribution in [2.24, 2.45) is 0 Å². The third-order valence-corrected chi connectivity index (χ3v) is 3.46. The van der Waals surface area contributed by atoms with Gasteiger partial charge < -0.3 is 5.32 Å². The van der Waals surface area contributed by atoms with Gasteiger partial charge in [-0.1, -0.05) is 0 Å². The number of alkyl halides is 6. The molecule has 0 unspecified atom stereocenters. The Hall–Kier alpha value is -1.99. The molecule has 0 aliphatic heterocycles. The zero-order valence-electron chi connectivity index (χ0n) is 11.8. The Balaban J connectivity index is 2.34. The van der Waals surface area contributed by atoms with Gasteiger partial charge >= 0.3 is 12.4 Å². The molecular weight excluding hydrogens is 324 g/mol.